The van der Waals surface area contributed by atoms with E-state index in [1.807, 2.05) is 36.4 Å². The Morgan fingerprint density at radius 2 is 1.84 bits per heavy atom. The first-order valence-corrected chi connectivity index (χ1v) is 6.90. The summed E-state index contributed by atoms with van der Waals surface area (Å²) in [4.78, 5) is 4.37. The van der Waals surface area contributed by atoms with Crippen molar-refractivity contribution in [3.05, 3.63) is 76.4 Å². The minimum Gasteiger partial charge on any atom is -0.320 e. The van der Waals surface area contributed by atoms with Gasteiger partial charge < -0.3 is 5.73 Å². The molecule has 1 heterocycles. The molecule has 0 aliphatic heterocycles. The van der Waals surface area contributed by atoms with Crippen molar-refractivity contribution >= 4 is 26.8 Å². The molecule has 1 aromatic heterocycles. The lowest BCUT2D eigenvalue weighted by Gasteiger charge is -2.15. The molecule has 0 radical (unpaired) electrons. The van der Waals surface area contributed by atoms with Gasteiger partial charge in [-0.2, -0.15) is 0 Å². The van der Waals surface area contributed by atoms with E-state index in [0.29, 0.717) is 0 Å². The Kier molecular flexibility index (Phi) is 3.32. The molecule has 0 bridgehead atoms. The summed E-state index contributed by atoms with van der Waals surface area (Å²) in [5.41, 5.74) is 9.57. The van der Waals surface area contributed by atoms with Gasteiger partial charge in [-0.1, -0.05) is 46.3 Å². The smallest absolute Gasteiger partial charge is 0.0705 e. The van der Waals surface area contributed by atoms with Gasteiger partial charge in [0.15, 0.2) is 0 Å². The molecule has 3 aromatic rings. The van der Waals surface area contributed by atoms with E-state index in [4.69, 9.17) is 5.73 Å². The van der Waals surface area contributed by atoms with Crippen molar-refractivity contribution in [1.82, 2.24) is 4.98 Å². The zero-order valence-corrected chi connectivity index (χ0v) is 11.8. The van der Waals surface area contributed by atoms with Crippen LogP contribution in [0.3, 0.4) is 0 Å². The fraction of sp³-hybridized carbons (Fsp3) is 0.0625. The Morgan fingerprint density at radius 3 is 2.68 bits per heavy atom. The first-order valence-electron chi connectivity index (χ1n) is 6.10. The maximum absolute atomic E-state index is 6.40. The Morgan fingerprint density at radius 1 is 1.00 bits per heavy atom. The molecule has 3 rings (SSSR count). The first kappa shape index (κ1) is 12.3. The number of rotatable bonds is 2. The normalized spacial score (nSPS) is 12.5. The Bertz CT molecular complexity index is 719. The zero-order valence-electron chi connectivity index (χ0n) is 10.3. The van der Waals surface area contributed by atoms with E-state index < -0.39 is 0 Å². The maximum Gasteiger partial charge on any atom is 0.0705 e. The van der Waals surface area contributed by atoms with Gasteiger partial charge in [0.25, 0.3) is 0 Å². The van der Waals surface area contributed by atoms with E-state index in [-0.39, 0.29) is 6.04 Å². The number of nitrogens with zero attached hydrogens (tertiary/aromatic N) is 1. The fourth-order valence-electron chi connectivity index (χ4n) is 2.28. The van der Waals surface area contributed by atoms with Gasteiger partial charge in [-0.25, -0.2) is 0 Å². The number of fused-ring (bicyclic) bond motifs is 1. The summed E-state index contributed by atoms with van der Waals surface area (Å²) in [6, 6.07) is 18.0. The number of hydrogen-bond acceptors (Lipinski definition) is 2. The van der Waals surface area contributed by atoms with Gasteiger partial charge in [-0.3, -0.25) is 4.98 Å². The van der Waals surface area contributed by atoms with Crippen LogP contribution in [-0.4, -0.2) is 4.98 Å². The summed E-state index contributed by atoms with van der Waals surface area (Å²) < 4.78 is 1.04. The summed E-state index contributed by atoms with van der Waals surface area (Å²) in [6.45, 7) is 0. The lowest BCUT2D eigenvalue weighted by Crippen LogP contribution is -2.12. The minimum atomic E-state index is -0.148. The Hall–Kier alpha value is -1.71. The van der Waals surface area contributed by atoms with Gasteiger partial charge in [0, 0.05) is 16.1 Å². The van der Waals surface area contributed by atoms with Gasteiger partial charge in [0.2, 0.25) is 0 Å². The number of hydrogen-bond donors (Lipinski definition) is 1. The van der Waals surface area contributed by atoms with Gasteiger partial charge in [0.1, 0.15) is 0 Å². The van der Waals surface area contributed by atoms with Gasteiger partial charge in [-0.05, 0) is 35.4 Å². The van der Waals surface area contributed by atoms with Crippen LogP contribution in [0.1, 0.15) is 17.2 Å². The summed E-state index contributed by atoms with van der Waals surface area (Å²) in [6.07, 6.45) is 1.80. The molecule has 2 nitrogen and oxygen atoms in total. The van der Waals surface area contributed by atoms with Crippen LogP contribution in [-0.2, 0) is 0 Å². The number of pyridine rings is 1. The lowest BCUT2D eigenvalue weighted by molar-refractivity contribution is 0.879. The second kappa shape index (κ2) is 5.11. The quantitative estimate of drug-likeness (QED) is 0.775. The molecule has 19 heavy (non-hydrogen) atoms. The molecule has 3 heteroatoms. The largest absolute Gasteiger partial charge is 0.320 e. The maximum atomic E-state index is 6.40. The monoisotopic (exact) mass is 312 g/mol. The molecular weight excluding hydrogens is 300 g/mol. The predicted molar refractivity (Wildman–Crippen MR) is 81.9 cm³/mol. The number of nitrogens with two attached hydrogens (primary N) is 1. The van der Waals surface area contributed by atoms with E-state index >= 15 is 0 Å². The van der Waals surface area contributed by atoms with Crippen LogP contribution in [0.25, 0.3) is 10.9 Å². The number of aromatic nitrogens is 1. The summed E-state index contributed by atoms with van der Waals surface area (Å²) in [5.74, 6) is 0. The molecule has 2 N–H and O–H groups in total. The molecule has 1 unspecified atom stereocenters. The molecule has 94 valence electrons. The van der Waals surface area contributed by atoms with Crippen LogP contribution in [0.15, 0.2) is 65.3 Å². The summed E-state index contributed by atoms with van der Waals surface area (Å²) >= 11 is 3.48. The molecule has 0 spiro atoms. The lowest BCUT2D eigenvalue weighted by atomic mass is 9.96. The molecule has 2 aromatic carbocycles. The van der Waals surface area contributed by atoms with Crippen molar-refractivity contribution in [2.75, 3.05) is 0 Å². The highest BCUT2D eigenvalue weighted by Gasteiger charge is 2.12. The van der Waals surface area contributed by atoms with Crippen LogP contribution >= 0.6 is 15.9 Å². The standard InChI is InChI=1S/C16H13BrN2/c17-12-5-1-4-11(10-12)16(18)14-6-2-8-15-13(14)7-3-9-19-15/h1-10,16H,18H2. The molecular formula is C16H13BrN2. The third-order valence-electron chi connectivity index (χ3n) is 3.22. The van der Waals surface area contributed by atoms with Crippen LogP contribution < -0.4 is 5.73 Å². The highest BCUT2D eigenvalue weighted by Crippen LogP contribution is 2.27. The first-order chi connectivity index (χ1) is 9.25. The topological polar surface area (TPSA) is 38.9 Å². The minimum absolute atomic E-state index is 0.148. The van der Waals surface area contributed by atoms with E-state index in [1.165, 1.54) is 0 Å². The molecule has 0 saturated carbocycles. The third-order valence-corrected chi connectivity index (χ3v) is 3.72. The summed E-state index contributed by atoms with van der Waals surface area (Å²) in [7, 11) is 0. The third kappa shape index (κ3) is 2.39. The SMILES string of the molecule is NC(c1cccc(Br)c1)c1cccc2ncccc12. The van der Waals surface area contributed by atoms with Crippen LogP contribution in [0.2, 0.25) is 0 Å². The van der Waals surface area contributed by atoms with Crippen LogP contribution in [0.4, 0.5) is 0 Å². The average molecular weight is 313 g/mol. The van der Waals surface area contributed by atoms with E-state index in [1.54, 1.807) is 6.20 Å². The van der Waals surface area contributed by atoms with Gasteiger partial charge in [0.05, 0.1) is 11.6 Å². The molecule has 0 aliphatic carbocycles. The summed E-state index contributed by atoms with van der Waals surface area (Å²) in [5, 5.41) is 1.11. The highest BCUT2D eigenvalue weighted by atomic mass is 79.9. The van der Waals surface area contributed by atoms with E-state index in [9.17, 15) is 0 Å². The fourth-order valence-corrected chi connectivity index (χ4v) is 2.69. The molecule has 0 fully saturated rings. The van der Waals surface area contributed by atoms with E-state index in [2.05, 4.69) is 39.1 Å². The average Bonchev–Trinajstić information content (AvgIpc) is 2.46. The van der Waals surface area contributed by atoms with Crippen molar-refractivity contribution in [2.24, 2.45) is 5.73 Å². The van der Waals surface area contributed by atoms with Gasteiger partial charge >= 0.3 is 0 Å². The number of benzene rings is 2. The number of halogens is 1. The molecule has 1 atom stereocenters. The van der Waals surface area contributed by atoms with Crippen molar-refractivity contribution in [3.63, 3.8) is 0 Å². The van der Waals surface area contributed by atoms with Crippen LogP contribution in [0, 0.1) is 0 Å². The molecule has 0 aliphatic rings. The molecule has 0 amide bonds. The Balaban J connectivity index is 2.14. The Labute approximate surface area is 120 Å². The van der Waals surface area contributed by atoms with Crippen LogP contribution in [0.5, 0.6) is 0 Å². The molecule has 0 saturated heterocycles. The second-order valence-electron chi connectivity index (χ2n) is 4.45. The second-order valence-corrected chi connectivity index (χ2v) is 5.37. The zero-order chi connectivity index (χ0) is 13.2. The van der Waals surface area contributed by atoms with Gasteiger partial charge in [-0.15, -0.1) is 0 Å². The highest BCUT2D eigenvalue weighted by molar-refractivity contribution is 9.10. The van der Waals surface area contributed by atoms with E-state index in [0.717, 1.165) is 26.5 Å². The van der Waals surface area contributed by atoms with Crippen molar-refractivity contribution in [2.45, 2.75) is 6.04 Å². The van der Waals surface area contributed by atoms with Crippen molar-refractivity contribution in [3.8, 4) is 0 Å². The predicted octanol–water partition coefficient (Wildman–Crippen LogP) is 4.05. The van der Waals surface area contributed by atoms with Crippen molar-refractivity contribution < 1.29 is 0 Å². The van der Waals surface area contributed by atoms with Crippen molar-refractivity contribution in [1.29, 1.82) is 0 Å².